The van der Waals surface area contributed by atoms with Crippen LogP contribution in [0.3, 0.4) is 0 Å². The van der Waals surface area contributed by atoms with Gasteiger partial charge in [-0.25, -0.2) is 8.42 Å². The fourth-order valence-electron chi connectivity index (χ4n) is 3.68. The Balaban J connectivity index is 1.40. The van der Waals surface area contributed by atoms with Crippen LogP contribution in [0.15, 0.2) is 97.3 Å². The number of aryl methyl sites for hydroxylation is 1. The molecule has 0 saturated carbocycles. The molecule has 0 spiro atoms. The third-order valence-electron chi connectivity index (χ3n) is 5.63. The number of hydrogen-bond acceptors (Lipinski definition) is 4. The quantitative estimate of drug-likeness (QED) is 0.372. The molecule has 1 N–H and O–H groups in total. The molecule has 0 aliphatic rings. The van der Waals surface area contributed by atoms with E-state index in [0.29, 0.717) is 16.9 Å². The molecule has 4 rings (SSSR count). The summed E-state index contributed by atoms with van der Waals surface area (Å²) in [5, 5.41) is 2.91. The minimum absolute atomic E-state index is 0.183. The van der Waals surface area contributed by atoms with E-state index in [9.17, 15) is 13.2 Å². The first kappa shape index (κ1) is 24.2. The highest BCUT2D eigenvalue weighted by molar-refractivity contribution is 7.92. The smallest absolute Gasteiger partial charge is 0.255 e. The summed E-state index contributed by atoms with van der Waals surface area (Å²) in [5.41, 5.74) is 5.97. The average Bonchev–Trinajstić information content (AvgIpc) is 2.85. The van der Waals surface area contributed by atoms with E-state index in [1.807, 2.05) is 55.5 Å². The molecule has 6 nitrogen and oxygen atoms in total. The molecular formula is C28H27N3O3S. The van der Waals surface area contributed by atoms with Crippen molar-refractivity contribution in [3.8, 4) is 0 Å². The molecule has 3 aromatic carbocycles. The van der Waals surface area contributed by atoms with Gasteiger partial charge in [0.2, 0.25) is 10.0 Å². The van der Waals surface area contributed by atoms with Crippen molar-refractivity contribution < 1.29 is 13.2 Å². The Morgan fingerprint density at radius 3 is 1.97 bits per heavy atom. The maximum Gasteiger partial charge on any atom is 0.255 e. The zero-order valence-corrected chi connectivity index (χ0v) is 20.5. The molecule has 0 saturated heterocycles. The topological polar surface area (TPSA) is 79.4 Å². The molecule has 0 bridgehead atoms. The first-order valence-corrected chi connectivity index (χ1v) is 13.1. The minimum atomic E-state index is -3.47. The van der Waals surface area contributed by atoms with E-state index in [1.165, 1.54) is 16.1 Å². The molecule has 0 aliphatic heterocycles. The van der Waals surface area contributed by atoms with E-state index in [1.54, 1.807) is 48.8 Å². The van der Waals surface area contributed by atoms with Crippen LogP contribution in [0, 0.1) is 6.92 Å². The third kappa shape index (κ3) is 6.55. The van der Waals surface area contributed by atoms with Gasteiger partial charge in [-0.1, -0.05) is 42.0 Å². The molecule has 0 fully saturated rings. The second-order valence-electron chi connectivity index (χ2n) is 8.49. The first-order chi connectivity index (χ1) is 16.8. The van der Waals surface area contributed by atoms with E-state index >= 15 is 0 Å². The lowest BCUT2D eigenvalue weighted by Crippen LogP contribution is -2.29. The number of anilines is 2. The van der Waals surface area contributed by atoms with Crippen LogP contribution in [0.5, 0.6) is 0 Å². The van der Waals surface area contributed by atoms with Crippen LogP contribution in [0.4, 0.5) is 11.4 Å². The maximum absolute atomic E-state index is 12.7. The third-order valence-corrected chi connectivity index (χ3v) is 6.77. The Bertz CT molecular complexity index is 1390. The fraction of sp³-hybridized carbons (Fsp3) is 0.143. The largest absolute Gasteiger partial charge is 0.322 e. The summed E-state index contributed by atoms with van der Waals surface area (Å²) in [5.74, 6) is -0.225. The monoisotopic (exact) mass is 485 g/mol. The van der Waals surface area contributed by atoms with Crippen molar-refractivity contribution in [1.29, 1.82) is 0 Å². The second-order valence-corrected chi connectivity index (χ2v) is 10.4. The first-order valence-electron chi connectivity index (χ1n) is 11.2. The molecular weight excluding hydrogens is 458 g/mol. The molecule has 0 atom stereocenters. The molecule has 4 aromatic rings. The molecule has 178 valence electrons. The summed E-state index contributed by atoms with van der Waals surface area (Å²) in [7, 11) is -3.47. The number of nitrogens with zero attached hydrogens (tertiary/aromatic N) is 2. The number of amides is 1. The lowest BCUT2D eigenvalue weighted by atomic mass is 10.1. The fourth-order valence-corrected chi connectivity index (χ4v) is 4.57. The summed E-state index contributed by atoms with van der Waals surface area (Å²) in [4.78, 5) is 16.7. The number of pyridine rings is 1. The molecule has 0 aliphatic carbocycles. The highest BCUT2D eigenvalue weighted by Crippen LogP contribution is 2.22. The zero-order valence-electron chi connectivity index (χ0n) is 19.7. The predicted molar refractivity (Wildman–Crippen MR) is 140 cm³/mol. The summed E-state index contributed by atoms with van der Waals surface area (Å²) in [6, 6.07) is 26.0. The Morgan fingerprint density at radius 1 is 0.800 bits per heavy atom. The number of carbonyl (C=O) groups is 1. The lowest BCUT2D eigenvalue weighted by molar-refractivity contribution is 0.102. The van der Waals surface area contributed by atoms with Gasteiger partial charge in [-0.05, 0) is 78.6 Å². The van der Waals surface area contributed by atoms with Crippen LogP contribution >= 0.6 is 0 Å². The van der Waals surface area contributed by atoms with Gasteiger partial charge in [-0.2, -0.15) is 0 Å². The maximum atomic E-state index is 12.7. The Kier molecular flexibility index (Phi) is 7.27. The van der Waals surface area contributed by atoms with Crippen LogP contribution in [0.1, 0.15) is 32.6 Å². The average molecular weight is 486 g/mol. The van der Waals surface area contributed by atoms with Gasteiger partial charge in [0.05, 0.1) is 18.5 Å². The van der Waals surface area contributed by atoms with Gasteiger partial charge < -0.3 is 5.32 Å². The summed E-state index contributed by atoms with van der Waals surface area (Å²) >= 11 is 0. The molecule has 1 aromatic heterocycles. The Labute approximate surface area is 206 Å². The normalized spacial score (nSPS) is 11.1. The van der Waals surface area contributed by atoms with Crippen LogP contribution in [0.2, 0.25) is 0 Å². The van der Waals surface area contributed by atoms with Crippen molar-refractivity contribution in [2.24, 2.45) is 0 Å². The van der Waals surface area contributed by atoms with E-state index in [4.69, 9.17) is 0 Å². The van der Waals surface area contributed by atoms with E-state index in [-0.39, 0.29) is 12.5 Å². The summed E-state index contributed by atoms with van der Waals surface area (Å²) in [6.07, 6.45) is 5.54. The van der Waals surface area contributed by atoms with Crippen molar-refractivity contribution in [3.05, 3.63) is 125 Å². The summed E-state index contributed by atoms with van der Waals surface area (Å²) in [6.45, 7) is 2.14. The molecule has 1 heterocycles. The predicted octanol–water partition coefficient (Wildman–Crippen LogP) is 5.20. The number of benzene rings is 3. The standard InChI is InChI=1S/C28H27N3O3S/c1-21-3-13-27(14-4-21)31(35(2,33)34)20-24-5-9-25(10-6-24)28(32)30-26-11-7-22(8-12-26)19-23-15-17-29-18-16-23/h3-18H,19-20H2,1-2H3,(H,30,32). The van der Waals surface area contributed by atoms with Gasteiger partial charge >= 0.3 is 0 Å². The number of nitrogens with one attached hydrogen (secondary N) is 1. The van der Waals surface area contributed by atoms with Crippen molar-refractivity contribution >= 4 is 27.3 Å². The van der Waals surface area contributed by atoms with Gasteiger partial charge in [0, 0.05) is 23.6 Å². The van der Waals surface area contributed by atoms with Crippen LogP contribution in [-0.4, -0.2) is 25.6 Å². The van der Waals surface area contributed by atoms with Gasteiger partial charge in [0.1, 0.15) is 0 Å². The van der Waals surface area contributed by atoms with Crippen LogP contribution < -0.4 is 9.62 Å². The molecule has 0 radical (unpaired) electrons. The number of sulfonamides is 1. The second kappa shape index (κ2) is 10.5. The van der Waals surface area contributed by atoms with Crippen molar-refractivity contribution in [1.82, 2.24) is 4.98 Å². The van der Waals surface area contributed by atoms with Crippen LogP contribution in [-0.2, 0) is 23.0 Å². The van der Waals surface area contributed by atoms with Gasteiger partial charge in [0.25, 0.3) is 5.91 Å². The van der Waals surface area contributed by atoms with Gasteiger partial charge in [0.15, 0.2) is 0 Å². The Hall–Kier alpha value is -3.97. The van der Waals surface area contributed by atoms with Crippen molar-refractivity contribution in [2.75, 3.05) is 15.9 Å². The van der Waals surface area contributed by atoms with Crippen molar-refractivity contribution in [3.63, 3.8) is 0 Å². The minimum Gasteiger partial charge on any atom is -0.322 e. The SMILES string of the molecule is Cc1ccc(N(Cc2ccc(C(=O)Nc3ccc(Cc4ccncc4)cc3)cc2)S(C)(=O)=O)cc1. The van der Waals surface area contributed by atoms with Gasteiger partial charge in [-0.3, -0.25) is 14.1 Å². The van der Waals surface area contributed by atoms with Gasteiger partial charge in [-0.15, -0.1) is 0 Å². The van der Waals surface area contributed by atoms with Crippen molar-refractivity contribution in [2.45, 2.75) is 19.9 Å². The molecule has 7 heteroatoms. The molecule has 1 amide bonds. The Morgan fingerprint density at radius 2 is 1.37 bits per heavy atom. The number of rotatable bonds is 8. The molecule has 35 heavy (non-hydrogen) atoms. The van der Waals surface area contributed by atoms with E-state index < -0.39 is 10.0 Å². The molecule has 0 unspecified atom stereocenters. The highest BCUT2D eigenvalue weighted by atomic mass is 32.2. The number of carbonyl (C=O) groups excluding carboxylic acids is 1. The number of aromatic nitrogens is 1. The van der Waals surface area contributed by atoms with E-state index in [2.05, 4.69) is 10.3 Å². The van der Waals surface area contributed by atoms with E-state index in [0.717, 1.165) is 23.1 Å². The zero-order chi connectivity index (χ0) is 24.8. The highest BCUT2D eigenvalue weighted by Gasteiger charge is 2.18. The number of hydrogen-bond donors (Lipinski definition) is 1. The lowest BCUT2D eigenvalue weighted by Gasteiger charge is -2.22. The van der Waals surface area contributed by atoms with Crippen LogP contribution in [0.25, 0.3) is 0 Å². The summed E-state index contributed by atoms with van der Waals surface area (Å²) < 4.78 is 26.1.